The fourth-order valence-corrected chi connectivity index (χ4v) is 2.18. The van der Waals surface area contributed by atoms with Gasteiger partial charge in [-0.2, -0.15) is 5.10 Å². The van der Waals surface area contributed by atoms with Crippen molar-refractivity contribution in [2.75, 3.05) is 13.7 Å². The average Bonchev–Trinajstić information content (AvgIpc) is 2.82. The zero-order valence-electron chi connectivity index (χ0n) is 9.81. The van der Waals surface area contributed by atoms with Crippen LogP contribution < -0.4 is 10.1 Å². The van der Waals surface area contributed by atoms with Crippen LogP contribution in [0.2, 0.25) is 0 Å². The number of nitrogens with zero attached hydrogens (tertiary/aromatic N) is 2. The Morgan fingerprint density at radius 2 is 2.24 bits per heavy atom. The molecular weight excluding hydrogens is 214 g/mol. The van der Waals surface area contributed by atoms with E-state index in [1.165, 1.54) is 11.3 Å². The van der Waals surface area contributed by atoms with Crippen molar-refractivity contribution >= 4 is 0 Å². The highest BCUT2D eigenvalue weighted by Crippen LogP contribution is 2.23. The summed E-state index contributed by atoms with van der Waals surface area (Å²) in [5.74, 6) is 0.848. The van der Waals surface area contributed by atoms with Crippen LogP contribution in [0.3, 0.4) is 0 Å². The molecule has 0 saturated heterocycles. The van der Waals surface area contributed by atoms with Gasteiger partial charge < -0.3 is 10.1 Å². The Balaban J connectivity index is 2.06. The molecule has 2 aromatic rings. The van der Waals surface area contributed by atoms with E-state index in [0.717, 1.165) is 30.9 Å². The van der Waals surface area contributed by atoms with E-state index >= 15 is 0 Å². The van der Waals surface area contributed by atoms with Crippen LogP contribution in [0.25, 0.3) is 5.69 Å². The first-order chi connectivity index (χ1) is 8.38. The quantitative estimate of drug-likeness (QED) is 0.848. The van der Waals surface area contributed by atoms with Crippen LogP contribution in [-0.2, 0) is 13.0 Å². The molecule has 0 bridgehead atoms. The van der Waals surface area contributed by atoms with E-state index in [9.17, 15) is 0 Å². The van der Waals surface area contributed by atoms with Crippen LogP contribution in [0.4, 0.5) is 0 Å². The topological polar surface area (TPSA) is 39.1 Å². The maximum Gasteiger partial charge on any atom is 0.144 e. The van der Waals surface area contributed by atoms with Gasteiger partial charge in [0.2, 0.25) is 0 Å². The summed E-state index contributed by atoms with van der Waals surface area (Å²) in [4.78, 5) is 0. The summed E-state index contributed by atoms with van der Waals surface area (Å²) in [5.41, 5.74) is 3.46. The summed E-state index contributed by atoms with van der Waals surface area (Å²) >= 11 is 0. The van der Waals surface area contributed by atoms with E-state index < -0.39 is 0 Å². The third-order valence-corrected chi connectivity index (χ3v) is 3.06. The zero-order chi connectivity index (χ0) is 11.7. The highest BCUT2D eigenvalue weighted by atomic mass is 16.5. The van der Waals surface area contributed by atoms with Crippen molar-refractivity contribution in [2.24, 2.45) is 0 Å². The molecule has 1 aromatic heterocycles. The van der Waals surface area contributed by atoms with Gasteiger partial charge in [-0.15, -0.1) is 0 Å². The van der Waals surface area contributed by atoms with Gasteiger partial charge >= 0.3 is 0 Å². The first-order valence-corrected chi connectivity index (χ1v) is 5.80. The van der Waals surface area contributed by atoms with Gasteiger partial charge in [0.25, 0.3) is 0 Å². The number of methoxy groups -OCH3 is 1. The third kappa shape index (κ3) is 1.80. The van der Waals surface area contributed by atoms with Gasteiger partial charge in [-0.05, 0) is 12.1 Å². The summed E-state index contributed by atoms with van der Waals surface area (Å²) in [5, 5.41) is 7.98. The molecule has 0 fully saturated rings. The largest absolute Gasteiger partial charge is 0.494 e. The molecule has 4 heteroatoms. The van der Waals surface area contributed by atoms with Gasteiger partial charge in [0, 0.05) is 31.3 Å². The number of nitrogens with one attached hydrogen (secondary N) is 1. The van der Waals surface area contributed by atoms with Gasteiger partial charge in [-0.3, -0.25) is 0 Å². The Bertz CT molecular complexity index is 510. The molecule has 1 aromatic carbocycles. The fraction of sp³-hybridized carbons (Fsp3) is 0.308. The standard InChI is InChI=1S/C13H15N3O/c1-17-13-5-3-2-4-12(13)16-9-10-8-14-7-6-11(10)15-16/h2-5,9,14H,6-8H2,1H3. The number of fused-ring (bicyclic) bond motifs is 1. The molecule has 88 valence electrons. The predicted octanol–water partition coefficient (Wildman–Crippen LogP) is 1.53. The van der Waals surface area contributed by atoms with Crippen molar-refractivity contribution < 1.29 is 4.74 Å². The van der Waals surface area contributed by atoms with E-state index in [2.05, 4.69) is 16.6 Å². The second-order valence-corrected chi connectivity index (χ2v) is 4.14. The lowest BCUT2D eigenvalue weighted by atomic mass is 10.1. The van der Waals surface area contributed by atoms with Crippen molar-refractivity contribution in [1.82, 2.24) is 15.1 Å². The SMILES string of the molecule is COc1ccccc1-n1cc2c(n1)CCNC2. The number of para-hydroxylation sites is 2. The summed E-state index contributed by atoms with van der Waals surface area (Å²) in [6.45, 7) is 1.92. The van der Waals surface area contributed by atoms with Gasteiger partial charge in [0.1, 0.15) is 11.4 Å². The Kier molecular flexibility index (Phi) is 2.57. The van der Waals surface area contributed by atoms with Crippen molar-refractivity contribution in [2.45, 2.75) is 13.0 Å². The van der Waals surface area contributed by atoms with Gasteiger partial charge in [-0.25, -0.2) is 4.68 Å². The number of hydrogen-bond acceptors (Lipinski definition) is 3. The van der Waals surface area contributed by atoms with E-state index in [-0.39, 0.29) is 0 Å². The summed E-state index contributed by atoms with van der Waals surface area (Å²) in [6, 6.07) is 7.93. The molecule has 3 rings (SSSR count). The molecule has 1 aliphatic rings. The molecule has 0 amide bonds. The molecule has 1 N–H and O–H groups in total. The molecular formula is C13H15N3O. The molecule has 0 aliphatic carbocycles. The smallest absolute Gasteiger partial charge is 0.144 e. The molecule has 4 nitrogen and oxygen atoms in total. The van der Waals surface area contributed by atoms with Gasteiger partial charge in [0.05, 0.1) is 12.8 Å². The molecule has 0 radical (unpaired) electrons. The normalized spacial score (nSPS) is 14.4. The van der Waals surface area contributed by atoms with E-state index in [1.54, 1.807) is 7.11 Å². The number of hydrogen-bond donors (Lipinski definition) is 1. The van der Waals surface area contributed by atoms with Crippen LogP contribution in [0.5, 0.6) is 5.75 Å². The second-order valence-electron chi connectivity index (χ2n) is 4.14. The molecule has 0 saturated carbocycles. The highest BCUT2D eigenvalue weighted by molar-refractivity contribution is 5.46. The predicted molar refractivity (Wildman–Crippen MR) is 65.5 cm³/mol. The number of ether oxygens (including phenoxy) is 1. The first-order valence-electron chi connectivity index (χ1n) is 5.80. The maximum atomic E-state index is 5.36. The number of aromatic nitrogens is 2. The lowest BCUT2D eigenvalue weighted by Gasteiger charge is -2.09. The fourth-order valence-electron chi connectivity index (χ4n) is 2.18. The molecule has 17 heavy (non-hydrogen) atoms. The molecule has 2 heterocycles. The molecule has 1 aliphatic heterocycles. The highest BCUT2D eigenvalue weighted by Gasteiger charge is 2.14. The molecule has 0 unspecified atom stereocenters. The van der Waals surface area contributed by atoms with Crippen molar-refractivity contribution in [1.29, 1.82) is 0 Å². The number of benzene rings is 1. The Morgan fingerprint density at radius 1 is 1.35 bits per heavy atom. The summed E-state index contributed by atoms with van der Waals surface area (Å²) < 4.78 is 7.27. The summed E-state index contributed by atoms with van der Waals surface area (Å²) in [6.07, 6.45) is 3.08. The second kappa shape index (κ2) is 4.22. The monoisotopic (exact) mass is 229 g/mol. The van der Waals surface area contributed by atoms with Crippen molar-refractivity contribution in [3.05, 3.63) is 41.7 Å². The van der Waals surface area contributed by atoms with Crippen LogP contribution >= 0.6 is 0 Å². The van der Waals surface area contributed by atoms with Crippen LogP contribution in [0, 0.1) is 0 Å². The average molecular weight is 229 g/mol. The van der Waals surface area contributed by atoms with E-state index in [4.69, 9.17) is 4.74 Å². The lowest BCUT2D eigenvalue weighted by Crippen LogP contribution is -2.22. The Hall–Kier alpha value is -1.81. The number of rotatable bonds is 2. The third-order valence-electron chi connectivity index (χ3n) is 3.06. The minimum atomic E-state index is 0.848. The molecule has 0 atom stereocenters. The van der Waals surface area contributed by atoms with Crippen LogP contribution in [0.1, 0.15) is 11.3 Å². The van der Waals surface area contributed by atoms with Crippen LogP contribution in [-0.4, -0.2) is 23.4 Å². The first kappa shape index (κ1) is 10.4. The minimum Gasteiger partial charge on any atom is -0.494 e. The van der Waals surface area contributed by atoms with Crippen molar-refractivity contribution in [3.63, 3.8) is 0 Å². The van der Waals surface area contributed by atoms with Gasteiger partial charge in [0.15, 0.2) is 0 Å². The Labute approximate surface area is 100 Å². The molecule has 0 spiro atoms. The van der Waals surface area contributed by atoms with Crippen molar-refractivity contribution in [3.8, 4) is 11.4 Å². The minimum absolute atomic E-state index is 0.848. The summed E-state index contributed by atoms with van der Waals surface area (Å²) in [7, 11) is 1.68. The lowest BCUT2D eigenvalue weighted by molar-refractivity contribution is 0.411. The maximum absolute atomic E-state index is 5.36. The van der Waals surface area contributed by atoms with Crippen LogP contribution in [0.15, 0.2) is 30.5 Å². The van der Waals surface area contributed by atoms with E-state index in [1.807, 2.05) is 28.9 Å². The zero-order valence-corrected chi connectivity index (χ0v) is 9.81. The van der Waals surface area contributed by atoms with E-state index in [0.29, 0.717) is 0 Å². The van der Waals surface area contributed by atoms with Gasteiger partial charge in [-0.1, -0.05) is 12.1 Å². The Morgan fingerprint density at radius 3 is 3.06 bits per heavy atom.